The largest absolute Gasteiger partial charge is 0.444 e. The molecule has 1 amide bonds. The minimum atomic E-state index is -0.458. The highest BCUT2D eigenvalue weighted by Gasteiger charge is 2.45. The molecule has 2 aliphatic rings. The number of hydrogen-bond donors (Lipinski definition) is 1. The van der Waals surface area contributed by atoms with Gasteiger partial charge in [-0.15, -0.1) is 0 Å². The number of rotatable bonds is 2. The second kappa shape index (κ2) is 5.05. The first kappa shape index (κ1) is 13.6. The van der Waals surface area contributed by atoms with E-state index in [0.717, 1.165) is 6.42 Å². The first-order valence-corrected chi connectivity index (χ1v) is 6.61. The van der Waals surface area contributed by atoms with Crippen molar-refractivity contribution in [1.82, 2.24) is 4.90 Å². The molecule has 104 valence electrons. The number of aliphatic hydroxyl groups is 1. The monoisotopic (exact) mass is 257 g/mol. The van der Waals surface area contributed by atoms with Gasteiger partial charge in [0.25, 0.3) is 0 Å². The number of fused-ring (bicyclic) bond motifs is 1. The number of carbonyl (C=O) groups excluding carboxylic acids is 1. The summed E-state index contributed by atoms with van der Waals surface area (Å²) in [7, 11) is 0. The van der Waals surface area contributed by atoms with Crippen LogP contribution in [-0.4, -0.2) is 54.1 Å². The van der Waals surface area contributed by atoms with Crippen LogP contribution in [0.2, 0.25) is 0 Å². The van der Waals surface area contributed by atoms with Crippen molar-refractivity contribution in [3.8, 4) is 0 Å². The minimum absolute atomic E-state index is 0.120. The van der Waals surface area contributed by atoms with Crippen molar-refractivity contribution >= 4 is 6.09 Å². The van der Waals surface area contributed by atoms with Crippen LogP contribution < -0.4 is 0 Å². The van der Waals surface area contributed by atoms with Crippen molar-refractivity contribution in [1.29, 1.82) is 0 Å². The molecule has 0 spiro atoms. The quantitative estimate of drug-likeness (QED) is 0.809. The maximum Gasteiger partial charge on any atom is 0.410 e. The Balaban J connectivity index is 1.90. The maximum absolute atomic E-state index is 12.0. The molecule has 2 rings (SSSR count). The van der Waals surface area contributed by atoms with Gasteiger partial charge in [-0.1, -0.05) is 0 Å². The molecule has 5 heteroatoms. The Morgan fingerprint density at radius 3 is 2.78 bits per heavy atom. The van der Waals surface area contributed by atoms with Crippen LogP contribution in [0.15, 0.2) is 0 Å². The Morgan fingerprint density at radius 1 is 1.44 bits per heavy atom. The van der Waals surface area contributed by atoms with Crippen LogP contribution >= 0.6 is 0 Å². The van der Waals surface area contributed by atoms with Crippen LogP contribution in [0, 0.1) is 11.8 Å². The second-order valence-electron chi connectivity index (χ2n) is 6.19. The van der Waals surface area contributed by atoms with E-state index in [-0.39, 0.29) is 18.8 Å². The molecule has 0 aromatic heterocycles. The lowest BCUT2D eigenvalue weighted by atomic mass is 9.91. The van der Waals surface area contributed by atoms with Crippen LogP contribution in [0.4, 0.5) is 4.79 Å². The highest BCUT2D eigenvalue weighted by molar-refractivity contribution is 5.68. The molecular weight excluding hydrogens is 234 g/mol. The molecule has 0 aliphatic carbocycles. The van der Waals surface area contributed by atoms with Gasteiger partial charge < -0.3 is 19.5 Å². The normalized spacial score (nSPS) is 31.6. The van der Waals surface area contributed by atoms with E-state index in [9.17, 15) is 4.79 Å². The van der Waals surface area contributed by atoms with E-state index in [1.54, 1.807) is 4.90 Å². The topological polar surface area (TPSA) is 59.0 Å². The van der Waals surface area contributed by atoms with Crippen LogP contribution in [0.5, 0.6) is 0 Å². The zero-order chi connectivity index (χ0) is 13.3. The van der Waals surface area contributed by atoms with Gasteiger partial charge in [-0.2, -0.15) is 0 Å². The number of aliphatic hydroxyl groups excluding tert-OH is 1. The lowest BCUT2D eigenvalue weighted by Gasteiger charge is -2.25. The lowest BCUT2D eigenvalue weighted by Crippen LogP contribution is -2.36. The molecule has 18 heavy (non-hydrogen) atoms. The average molecular weight is 257 g/mol. The Bertz CT molecular complexity index is 311. The van der Waals surface area contributed by atoms with Crippen molar-refractivity contribution < 1.29 is 19.4 Å². The van der Waals surface area contributed by atoms with Crippen LogP contribution in [0.25, 0.3) is 0 Å². The fraction of sp³-hybridized carbons (Fsp3) is 0.923. The summed E-state index contributed by atoms with van der Waals surface area (Å²) in [6.07, 6.45) is 0.612. The molecule has 0 aromatic rings. The first-order chi connectivity index (χ1) is 8.40. The van der Waals surface area contributed by atoms with Crippen molar-refractivity contribution in [2.75, 3.05) is 26.3 Å². The molecule has 0 aromatic carbocycles. The number of carbonyl (C=O) groups is 1. The molecule has 5 nitrogen and oxygen atoms in total. The average Bonchev–Trinajstić information content (AvgIpc) is 2.77. The molecule has 0 radical (unpaired) electrons. The third-order valence-corrected chi connectivity index (χ3v) is 3.59. The summed E-state index contributed by atoms with van der Waals surface area (Å²) in [5, 5.41) is 9.01. The van der Waals surface area contributed by atoms with Gasteiger partial charge in [-0.3, -0.25) is 0 Å². The summed E-state index contributed by atoms with van der Waals surface area (Å²) in [5.74, 6) is 0.720. The number of ether oxygens (including phenoxy) is 2. The Labute approximate surface area is 108 Å². The molecule has 2 aliphatic heterocycles. The third kappa shape index (κ3) is 2.95. The first-order valence-electron chi connectivity index (χ1n) is 6.61. The van der Waals surface area contributed by atoms with E-state index < -0.39 is 5.60 Å². The fourth-order valence-corrected chi connectivity index (χ4v) is 2.74. The van der Waals surface area contributed by atoms with Crippen molar-refractivity contribution in [3.05, 3.63) is 0 Å². The Morgan fingerprint density at radius 2 is 2.17 bits per heavy atom. The predicted molar refractivity (Wildman–Crippen MR) is 66.2 cm³/mol. The van der Waals surface area contributed by atoms with E-state index in [2.05, 4.69) is 0 Å². The smallest absolute Gasteiger partial charge is 0.410 e. The maximum atomic E-state index is 12.0. The zero-order valence-corrected chi connectivity index (χ0v) is 11.4. The highest BCUT2D eigenvalue weighted by Crippen LogP contribution is 2.35. The van der Waals surface area contributed by atoms with Crippen LogP contribution in [-0.2, 0) is 9.47 Å². The molecular formula is C13H23NO4. The number of amides is 1. The Hall–Kier alpha value is -0.810. The standard InChI is InChI=1S/C13H23NO4/c1-13(2,3)18-12(16)14-6-10-9(4-5-15)8-17-11(10)7-14/h9-11,15H,4-8H2,1-3H3/t9-,10-,11-/m1/s1. The molecule has 2 fully saturated rings. The predicted octanol–water partition coefficient (Wildman–Crippen LogP) is 1.25. The van der Waals surface area contributed by atoms with Crippen LogP contribution in [0.3, 0.4) is 0 Å². The van der Waals surface area contributed by atoms with Gasteiger partial charge >= 0.3 is 6.09 Å². The molecule has 0 saturated carbocycles. The van der Waals surface area contributed by atoms with E-state index in [1.807, 2.05) is 20.8 Å². The van der Waals surface area contributed by atoms with Gasteiger partial charge in [0.2, 0.25) is 0 Å². The fourth-order valence-electron chi connectivity index (χ4n) is 2.74. The summed E-state index contributed by atoms with van der Waals surface area (Å²) in [5.41, 5.74) is -0.458. The van der Waals surface area contributed by atoms with E-state index >= 15 is 0 Å². The molecule has 0 unspecified atom stereocenters. The summed E-state index contributed by atoms with van der Waals surface area (Å²) in [6.45, 7) is 7.79. The summed E-state index contributed by atoms with van der Waals surface area (Å²) in [6, 6.07) is 0. The SMILES string of the molecule is CC(C)(C)OC(=O)N1C[C@@H]2[C@H](CCO)CO[C@@H]2C1. The molecule has 2 saturated heterocycles. The number of hydrogen-bond acceptors (Lipinski definition) is 4. The molecule has 0 bridgehead atoms. The summed E-state index contributed by atoms with van der Waals surface area (Å²) < 4.78 is 11.1. The van der Waals surface area contributed by atoms with Gasteiger partial charge in [0.15, 0.2) is 0 Å². The van der Waals surface area contributed by atoms with E-state index in [1.165, 1.54) is 0 Å². The number of likely N-dealkylation sites (tertiary alicyclic amines) is 1. The zero-order valence-electron chi connectivity index (χ0n) is 11.4. The van der Waals surface area contributed by atoms with Gasteiger partial charge in [0.1, 0.15) is 5.60 Å². The van der Waals surface area contributed by atoms with Crippen LogP contribution in [0.1, 0.15) is 27.2 Å². The van der Waals surface area contributed by atoms with Gasteiger partial charge in [-0.05, 0) is 33.1 Å². The molecule has 2 heterocycles. The Kier molecular flexibility index (Phi) is 3.82. The van der Waals surface area contributed by atoms with Gasteiger partial charge in [-0.25, -0.2) is 4.79 Å². The second-order valence-corrected chi connectivity index (χ2v) is 6.19. The van der Waals surface area contributed by atoms with E-state index in [4.69, 9.17) is 14.6 Å². The molecule has 3 atom stereocenters. The summed E-state index contributed by atoms with van der Waals surface area (Å²) in [4.78, 5) is 13.7. The number of nitrogens with zero attached hydrogens (tertiary/aromatic N) is 1. The third-order valence-electron chi connectivity index (χ3n) is 3.59. The van der Waals surface area contributed by atoms with E-state index in [0.29, 0.717) is 31.5 Å². The molecule has 1 N–H and O–H groups in total. The van der Waals surface area contributed by atoms with Crippen molar-refractivity contribution in [2.45, 2.75) is 38.9 Å². The van der Waals surface area contributed by atoms with Gasteiger partial charge in [0.05, 0.1) is 19.3 Å². The van der Waals surface area contributed by atoms with Crippen molar-refractivity contribution in [3.63, 3.8) is 0 Å². The lowest BCUT2D eigenvalue weighted by molar-refractivity contribution is 0.0221. The van der Waals surface area contributed by atoms with Gasteiger partial charge in [0, 0.05) is 19.1 Å². The minimum Gasteiger partial charge on any atom is -0.444 e. The summed E-state index contributed by atoms with van der Waals surface area (Å²) >= 11 is 0. The van der Waals surface area contributed by atoms with Crippen molar-refractivity contribution in [2.24, 2.45) is 11.8 Å². The highest BCUT2D eigenvalue weighted by atomic mass is 16.6.